The Labute approximate surface area is 106 Å². The maximum absolute atomic E-state index is 11.5. The highest BCUT2D eigenvalue weighted by Crippen LogP contribution is 2.41. The van der Waals surface area contributed by atoms with Crippen molar-refractivity contribution in [2.24, 2.45) is 0 Å². The zero-order valence-electron chi connectivity index (χ0n) is 9.97. The molecule has 0 fully saturated rings. The average molecular weight is 263 g/mol. The normalized spacial score (nSPS) is 13.1. The number of rotatable bonds is 2. The van der Waals surface area contributed by atoms with E-state index in [4.69, 9.17) is 13.9 Å². The summed E-state index contributed by atoms with van der Waals surface area (Å²) < 4.78 is 15.6. The zero-order chi connectivity index (χ0) is 13.6. The molecule has 1 aromatic heterocycles. The second kappa shape index (κ2) is 3.98. The van der Waals surface area contributed by atoms with Gasteiger partial charge in [0.25, 0.3) is 0 Å². The molecule has 0 atom stereocenters. The van der Waals surface area contributed by atoms with Gasteiger partial charge >= 0.3 is 11.3 Å². The lowest BCUT2D eigenvalue weighted by molar-refractivity contribution is -0.387. The molecule has 0 spiro atoms. The molecule has 1 aromatic carbocycles. The van der Waals surface area contributed by atoms with Gasteiger partial charge in [0.1, 0.15) is 0 Å². The third-order valence-electron chi connectivity index (χ3n) is 3.01. The monoisotopic (exact) mass is 263 g/mol. The van der Waals surface area contributed by atoms with Crippen molar-refractivity contribution in [3.63, 3.8) is 0 Å². The van der Waals surface area contributed by atoms with Crippen molar-refractivity contribution in [2.75, 3.05) is 13.7 Å². The van der Waals surface area contributed by atoms with Crippen molar-refractivity contribution in [1.29, 1.82) is 0 Å². The Morgan fingerprint density at radius 3 is 2.89 bits per heavy atom. The molecular formula is C12H9NO6. The highest BCUT2D eigenvalue weighted by atomic mass is 16.6. The quantitative estimate of drug-likeness (QED) is 0.464. The maximum atomic E-state index is 11.5. The topological polar surface area (TPSA) is 91.8 Å². The van der Waals surface area contributed by atoms with Crippen LogP contribution in [-0.2, 0) is 6.42 Å². The number of benzene rings is 1. The van der Waals surface area contributed by atoms with Gasteiger partial charge in [0, 0.05) is 23.4 Å². The lowest BCUT2D eigenvalue weighted by Gasteiger charge is -2.08. The Morgan fingerprint density at radius 1 is 1.42 bits per heavy atom. The molecule has 0 radical (unpaired) electrons. The number of hydrogen-bond donors (Lipinski definition) is 0. The molecular weight excluding hydrogens is 254 g/mol. The van der Waals surface area contributed by atoms with E-state index < -0.39 is 16.2 Å². The van der Waals surface area contributed by atoms with Crippen LogP contribution < -0.4 is 15.1 Å². The molecule has 0 saturated carbocycles. The van der Waals surface area contributed by atoms with E-state index in [-0.39, 0.29) is 5.58 Å². The SMILES string of the molecule is COc1c2c(cc3cc([N+](=O)[O-])c(=O)oc13)CCO2. The standard InChI is InChI=1S/C12H9NO6/c1-17-11-9-6(2-3-18-9)4-7-5-8(13(15)16)12(14)19-10(7)11/h4-5H,2-3H2,1H3. The van der Waals surface area contributed by atoms with Gasteiger partial charge in [-0.2, -0.15) is 0 Å². The number of methoxy groups -OCH3 is 1. The van der Waals surface area contributed by atoms with E-state index in [1.807, 2.05) is 0 Å². The smallest absolute Gasteiger partial charge is 0.415 e. The molecule has 1 aliphatic rings. The van der Waals surface area contributed by atoms with Crippen LogP contribution in [0.2, 0.25) is 0 Å². The number of nitrogens with zero attached hydrogens (tertiary/aromatic N) is 1. The third kappa shape index (κ3) is 1.62. The van der Waals surface area contributed by atoms with Gasteiger partial charge in [-0.3, -0.25) is 10.1 Å². The molecule has 0 aliphatic carbocycles. The first-order valence-electron chi connectivity index (χ1n) is 5.56. The van der Waals surface area contributed by atoms with E-state index in [2.05, 4.69) is 0 Å². The van der Waals surface area contributed by atoms with Crippen LogP contribution in [0.1, 0.15) is 5.56 Å². The van der Waals surface area contributed by atoms with E-state index in [0.29, 0.717) is 29.9 Å². The van der Waals surface area contributed by atoms with E-state index in [1.54, 1.807) is 6.07 Å². The second-order valence-corrected chi connectivity index (χ2v) is 4.09. The van der Waals surface area contributed by atoms with Gasteiger partial charge < -0.3 is 13.9 Å². The minimum Gasteiger partial charge on any atom is -0.490 e. The fourth-order valence-electron chi connectivity index (χ4n) is 2.18. The number of fused-ring (bicyclic) bond motifs is 2. The summed E-state index contributed by atoms with van der Waals surface area (Å²) in [5.41, 5.74) is -0.548. The minimum absolute atomic E-state index is 0.166. The third-order valence-corrected chi connectivity index (χ3v) is 3.01. The minimum atomic E-state index is -1.01. The first-order valence-corrected chi connectivity index (χ1v) is 5.56. The molecule has 7 nitrogen and oxygen atoms in total. The van der Waals surface area contributed by atoms with Crippen molar-refractivity contribution in [3.8, 4) is 11.5 Å². The van der Waals surface area contributed by atoms with Gasteiger partial charge in [0.2, 0.25) is 5.75 Å². The van der Waals surface area contributed by atoms with Crippen LogP contribution in [0, 0.1) is 10.1 Å². The van der Waals surface area contributed by atoms with Crippen LogP contribution in [0.4, 0.5) is 5.69 Å². The van der Waals surface area contributed by atoms with Crippen LogP contribution in [0.25, 0.3) is 11.0 Å². The largest absolute Gasteiger partial charge is 0.490 e. The van der Waals surface area contributed by atoms with Crippen molar-refractivity contribution in [3.05, 3.63) is 38.2 Å². The highest BCUT2D eigenvalue weighted by Gasteiger charge is 2.25. The summed E-state index contributed by atoms with van der Waals surface area (Å²) in [6.07, 6.45) is 0.689. The van der Waals surface area contributed by atoms with Crippen LogP contribution in [0.3, 0.4) is 0 Å². The van der Waals surface area contributed by atoms with Crippen LogP contribution in [-0.4, -0.2) is 18.6 Å². The summed E-state index contributed by atoms with van der Waals surface area (Å²) in [5, 5.41) is 11.2. The van der Waals surface area contributed by atoms with E-state index >= 15 is 0 Å². The second-order valence-electron chi connectivity index (χ2n) is 4.09. The molecule has 98 valence electrons. The van der Waals surface area contributed by atoms with Crippen molar-refractivity contribution in [2.45, 2.75) is 6.42 Å². The lowest BCUT2D eigenvalue weighted by atomic mass is 10.1. The van der Waals surface area contributed by atoms with Crippen molar-refractivity contribution >= 4 is 16.7 Å². The first-order chi connectivity index (χ1) is 9.11. The molecule has 7 heteroatoms. The number of ether oxygens (including phenoxy) is 2. The Balaban J connectivity index is 2.40. The number of nitro groups is 1. The number of hydrogen-bond acceptors (Lipinski definition) is 6. The predicted molar refractivity (Wildman–Crippen MR) is 64.9 cm³/mol. The summed E-state index contributed by atoms with van der Waals surface area (Å²) in [6, 6.07) is 2.92. The van der Waals surface area contributed by atoms with Gasteiger partial charge in [-0.1, -0.05) is 0 Å². The maximum Gasteiger partial charge on any atom is 0.415 e. The summed E-state index contributed by atoms with van der Waals surface area (Å²) in [4.78, 5) is 21.5. The molecule has 2 heterocycles. The lowest BCUT2D eigenvalue weighted by Crippen LogP contribution is -2.06. The summed E-state index contributed by atoms with van der Waals surface area (Å²) in [6.45, 7) is 0.508. The molecule has 0 bridgehead atoms. The van der Waals surface area contributed by atoms with Crippen LogP contribution >= 0.6 is 0 Å². The Kier molecular flexibility index (Phi) is 2.41. The molecule has 0 unspecified atom stereocenters. The van der Waals surface area contributed by atoms with E-state index in [0.717, 1.165) is 5.56 Å². The van der Waals surface area contributed by atoms with E-state index in [1.165, 1.54) is 13.2 Å². The van der Waals surface area contributed by atoms with Crippen molar-refractivity contribution in [1.82, 2.24) is 0 Å². The molecule has 0 amide bonds. The molecule has 19 heavy (non-hydrogen) atoms. The van der Waals surface area contributed by atoms with Crippen LogP contribution in [0.15, 0.2) is 21.3 Å². The van der Waals surface area contributed by atoms with Gasteiger partial charge in [0.05, 0.1) is 18.6 Å². The predicted octanol–water partition coefficient (Wildman–Crippen LogP) is 1.64. The Bertz CT molecular complexity index is 748. The average Bonchev–Trinajstić information content (AvgIpc) is 2.82. The molecule has 3 rings (SSSR count). The molecule has 0 N–H and O–H groups in total. The van der Waals surface area contributed by atoms with Crippen LogP contribution in [0.5, 0.6) is 11.5 Å². The summed E-state index contributed by atoms with van der Waals surface area (Å²) in [7, 11) is 1.43. The van der Waals surface area contributed by atoms with Gasteiger partial charge in [-0.15, -0.1) is 0 Å². The summed E-state index contributed by atoms with van der Waals surface area (Å²) in [5.74, 6) is 0.837. The van der Waals surface area contributed by atoms with Gasteiger partial charge in [-0.05, 0) is 6.07 Å². The molecule has 0 saturated heterocycles. The van der Waals surface area contributed by atoms with E-state index in [9.17, 15) is 14.9 Å². The Morgan fingerprint density at radius 2 is 2.21 bits per heavy atom. The highest BCUT2D eigenvalue weighted by molar-refractivity contribution is 5.88. The summed E-state index contributed by atoms with van der Waals surface area (Å²) >= 11 is 0. The van der Waals surface area contributed by atoms with Gasteiger partial charge in [-0.25, -0.2) is 4.79 Å². The molecule has 1 aliphatic heterocycles. The fraction of sp³-hybridized carbons (Fsp3) is 0.250. The Hall–Kier alpha value is -2.57. The fourth-order valence-corrected chi connectivity index (χ4v) is 2.18. The van der Waals surface area contributed by atoms with Gasteiger partial charge in [0.15, 0.2) is 11.3 Å². The molecule has 2 aromatic rings. The van der Waals surface area contributed by atoms with Crippen molar-refractivity contribution < 1.29 is 18.8 Å². The first kappa shape index (κ1) is 11.5. The zero-order valence-corrected chi connectivity index (χ0v) is 9.97.